The zero-order valence-corrected chi connectivity index (χ0v) is 35.3. The summed E-state index contributed by atoms with van der Waals surface area (Å²) in [6.45, 7) is 15.5. The van der Waals surface area contributed by atoms with Crippen LogP contribution in [0.25, 0.3) is 44.2 Å². The van der Waals surface area contributed by atoms with E-state index in [4.69, 9.17) is 24.8 Å². The number of aryl methyl sites for hydroxylation is 7. The minimum absolute atomic E-state index is 0.301. The first-order chi connectivity index (χ1) is 29.3. The van der Waals surface area contributed by atoms with Crippen molar-refractivity contribution in [2.45, 2.75) is 74.1 Å². The smallest absolute Gasteiger partial charge is 0.494 e. The van der Waals surface area contributed by atoms with Gasteiger partial charge in [0.1, 0.15) is 22.9 Å². The number of halogens is 3. The van der Waals surface area contributed by atoms with Crippen LogP contribution in [0, 0.1) is 34.6 Å². The number of rotatable bonds is 13. The molecule has 0 N–H and O–H groups in total. The summed E-state index contributed by atoms with van der Waals surface area (Å²) >= 11 is 0. The molecule has 0 unspecified atom stereocenters. The molecule has 0 spiro atoms. The lowest BCUT2D eigenvalue weighted by Gasteiger charge is -2.11. The van der Waals surface area contributed by atoms with Gasteiger partial charge in [0.15, 0.2) is 0 Å². The van der Waals surface area contributed by atoms with Crippen molar-refractivity contribution < 1.29 is 27.4 Å². The van der Waals surface area contributed by atoms with Crippen molar-refractivity contribution in [3.05, 3.63) is 148 Å². The van der Waals surface area contributed by atoms with Crippen LogP contribution in [0.3, 0.4) is 0 Å². The Kier molecular flexibility index (Phi) is 11.3. The molecule has 0 amide bonds. The number of hydrogen-bond acceptors (Lipinski definition) is 7. The third-order valence-corrected chi connectivity index (χ3v) is 11.3. The monoisotopic (exact) mass is 824 g/mol. The Balaban J connectivity index is 1.09. The first-order valence-electron chi connectivity index (χ1n) is 20.5. The normalized spacial score (nSPS) is 11.8. The predicted molar refractivity (Wildman–Crippen MR) is 233 cm³/mol. The minimum Gasteiger partial charge on any atom is -0.494 e. The second-order valence-electron chi connectivity index (χ2n) is 15.2. The number of ether oxygens (including phenoxy) is 3. The third kappa shape index (κ3) is 8.14. The molecule has 0 bridgehead atoms. The van der Waals surface area contributed by atoms with Crippen molar-refractivity contribution >= 4 is 21.5 Å². The molecule has 0 atom stereocenters. The molecule has 0 fully saturated rings. The summed E-state index contributed by atoms with van der Waals surface area (Å²) in [7, 11) is 0. The van der Waals surface area contributed by atoms with Gasteiger partial charge in [0.25, 0.3) is 0 Å². The molecule has 0 aliphatic rings. The van der Waals surface area contributed by atoms with Gasteiger partial charge in [-0.05, 0) is 145 Å². The zero-order valence-electron chi connectivity index (χ0n) is 35.3. The predicted octanol–water partition coefficient (Wildman–Crippen LogP) is 11.4. The van der Waals surface area contributed by atoms with Gasteiger partial charge in [-0.3, -0.25) is 0 Å². The number of nitrogens with zero attached hydrogens (tertiary/aromatic N) is 6. The van der Waals surface area contributed by atoms with Gasteiger partial charge in [-0.2, -0.15) is 15.3 Å². The summed E-state index contributed by atoms with van der Waals surface area (Å²) in [5, 5.41) is 22.9. The molecule has 8 rings (SSSR count). The number of benzene rings is 4. The molecule has 0 saturated heterocycles. The topological polar surface area (TPSA) is 89.1 Å². The molecule has 312 valence electrons. The molecule has 9 nitrogen and oxygen atoms in total. The van der Waals surface area contributed by atoms with Crippen molar-refractivity contribution in [1.29, 1.82) is 0 Å². The van der Waals surface area contributed by atoms with Gasteiger partial charge < -0.3 is 23.3 Å². The molecule has 61 heavy (non-hydrogen) atoms. The van der Waals surface area contributed by atoms with Crippen LogP contribution in [0.1, 0.15) is 64.8 Å². The molecule has 4 aromatic carbocycles. The number of aromatic nitrogens is 6. The summed E-state index contributed by atoms with van der Waals surface area (Å²) in [5.74, 6) is 1.32. The van der Waals surface area contributed by atoms with Crippen LogP contribution >= 0.6 is 0 Å². The zero-order chi connectivity index (χ0) is 43.0. The van der Waals surface area contributed by atoms with Gasteiger partial charge in [-0.1, -0.05) is 24.3 Å². The van der Waals surface area contributed by atoms with E-state index in [1.165, 1.54) is 17.7 Å². The van der Waals surface area contributed by atoms with Crippen LogP contribution in [-0.4, -0.2) is 49.1 Å². The first-order valence-corrected chi connectivity index (χ1v) is 20.5. The molecule has 0 radical (unpaired) electrons. The van der Waals surface area contributed by atoms with Crippen LogP contribution in [-0.2, 0) is 19.3 Å². The van der Waals surface area contributed by atoms with E-state index in [1.807, 2.05) is 64.1 Å². The van der Waals surface area contributed by atoms with Crippen LogP contribution in [0.15, 0.2) is 97.1 Å². The van der Waals surface area contributed by atoms with Crippen LogP contribution in [0.4, 0.5) is 13.2 Å². The number of fused-ring (bicyclic) bond motifs is 2. The van der Waals surface area contributed by atoms with Crippen molar-refractivity contribution in [3.8, 4) is 39.9 Å². The minimum atomic E-state index is -4.79. The summed E-state index contributed by atoms with van der Waals surface area (Å²) in [6, 6.07) is 30.4. The highest BCUT2D eigenvalue weighted by Gasteiger charge is 2.31. The summed E-state index contributed by atoms with van der Waals surface area (Å²) in [5.41, 5.74) is 12.3. The van der Waals surface area contributed by atoms with Gasteiger partial charge in [0, 0.05) is 67.7 Å². The molecule has 0 aliphatic carbocycles. The van der Waals surface area contributed by atoms with E-state index in [-0.39, 0.29) is 5.75 Å². The van der Waals surface area contributed by atoms with Crippen LogP contribution in [0.2, 0.25) is 0 Å². The maximum Gasteiger partial charge on any atom is 0.573 e. The lowest BCUT2D eigenvalue weighted by Crippen LogP contribution is -2.16. The van der Waals surface area contributed by atoms with Gasteiger partial charge in [0.05, 0.1) is 30.3 Å². The van der Waals surface area contributed by atoms with E-state index in [0.717, 1.165) is 103 Å². The van der Waals surface area contributed by atoms with E-state index in [0.29, 0.717) is 30.9 Å². The number of alkyl halides is 3. The Morgan fingerprint density at radius 2 is 0.967 bits per heavy atom. The molecule has 8 aromatic rings. The second-order valence-corrected chi connectivity index (χ2v) is 15.2. The van der Waals surface area contributed by atoms with E-state index in [1.54, 1.807) is 12.1 Å². The van der Waals surface area contributed by atoms with Crippen LogP contribution in [0.5, 0.6) is 17.2 Å². The van der Waals surface area contributed by atoms with E-state index < -0.39 is 6.36 Å². The van der Waals surface area contributed by atoms with Gasteiger partial charge >= 0.3 is 6.36 Å². The average molecular weight is 825 g/mol. The fourth-order valence-electron chi connectivity index (χ4n) is 8.64. The fraction of sp³-hybridized carbons (Fsp3) is 0.265. The Bertz CT molecular complexity index is 2850. The lowest BCUT2D eigenvalue weighted by atomic mass is 9.99. The fourth-order valence-corrected chi connectivity index (χ4v) is 8.64. The highest BCUT2D eigenvalue weighted by Crippen LogP contribution is 2.38. The highest BCUT2D eigenvalue weighted by molar-refractivity contribution is 6.00. The van der Waals surface area contributed by atoms with Crippen molar-refractivity contribution in [2.24, 2.45) is 0 Å². The quantitative estimate of drug-likeness (QED) is 0.114. The Labute approximate surface area is 352 Å². The first kappa shape index (κ1) is 41.1. The molecule has 0 saturated carbocycles. The molecular formula is C49H47F3N6O3. The van der Waals surface area contributed by atoms with Gasteiger partial charge in [0.2, 0.25) is 0 Å². The molecule has 0 aliphatic heterocycles. The van der Waals surface area contributed by atoms with Crippen molar-refractivity contribution in [1.82, 2.24) is 29.5 Å². The largest absolute Gasteiger partial charge is 0.573 e. The summed E-state index contributed by atoms with van der Waals surface area (Å²) in [6.07, 6.45) is -2.75. The molecular weight excluding hydrogens is 778 g/mol. The average Bonchev–Trinajstić information content (AvgIpc) is 3.67. The molecule has 4 aromatic heterocycles. The van der Waals surface area contributed by atoms with Gasteiger partial charge in [-0.15, -0.1) is 18.3 Å². The Morgan fingerprint density at radius 1 is 0.492 bits per heavy atom. The standard InChI is InChI=1S/C49H47F3N6O3/c1-8-59-39-23-17-37(18-24-39)57-30(4)44-29(3)53-54-42(45(44)31(57)5)27-14-34-10-12-35(13-11-34)28-43-46-32(6)58(38-19-25-40(26-20-38)60-9-2)33(7)47(46)48(56-55-43)36-15-21-41(22-16-36)61-49(50,51)52/h10-13,15-26H,8-9,14,27-28H2,1-7H3. The van der Waals surface area contributed by atoms with E-state index in [2.05, 4.69) is 76.1 Å². The maximum absolute atomic E-state index is 13.0. The maximum atomic E-state index is 13.0. The lowest BCUT2D eigenvalue weighted by molar-refractivity contribution is -0.274. The van der Waals surface area contributed by atoms with Crippen molar-refractivity contribution in [3.63, 3.8) is 0 Å². The number of hydrogen-bond donors (Lipinski definition) is 0. The van der Waals surface area contributed by atoms with Crippen molar-refractivity contribution in [2.75, 3.05) is 13.2 Å². The molecule has 4 heterocycles. The Morgan fingerprint density at radius 3 is 1.51 bits per heavy atom. The third-order valence-electron chi connectivity index (χ3n) is 11.3. The van der Waals surface area contributed by atoms with Crippen LogP contribution < -0.4 is 14.2 Å². The summed E-state index contributed by atoms with van der Waals surface area (Å²) < 4.78 is 58.8. The highest BCUT2D eigenvalue weighted by atomic mass is 19.4. The Hall–Kier alpha value is -6.69. The summed E-state index contributed by atoms with van der Waals surface area (Å²) in [4.78, 5) is 0. The second kappa shape index (κ2) is 16.8. The SMILES string of the molecule is CCOc1ccc(-n2c(C)c3c(C)nnc(CCc4ccc(Cc5nnc(-c6ccc(OC(F)(F)F)cc6)c6c(C)n(-c7ccc(OCC)cc7)c(C)c56)cc4)c3c2C)cc1. The molecule has 12 heteroatoms. The van der Waals surface area contributed by atoms with E-state index >= 15 is 0 Å². The van der Waals surface area contributed by atoms with E-state index in [9.17, 15) is 13.2 Å². The van der Waals surface area contributed by atoms with Gasteiger partial charge in [-0.25, -0.2) is 0 Å².